The van der Waals surface area contributed by atoms with E-state index < -0.39 is 0 Å². The van der Waals surface area contributed by atoms with Gasteiger partial charge in [0.25, 0.3) is 0 Å². The third-order valence-corrected chi connectivity index (χ3v) is 3.74. The van der Waals surface area contributed by atoms with Crippen LogP contribution in [0.1, 0.15) is 18.1 Å². The van der Waals surface area contributed by atoms with Crippen molar-refractivity contribution in [2.75, 3.05) is 26.1 Å². The van der Waals surface area contributed by atoms with E-state index in [0.29, 0.717) is 12.5 Å². The van der Waals surface area contributed by atoms with Gasteiger partial charge in [-0.25, -0.2) is 0 Å². The van der Waals surface area contributed by atoms with E-state index in [9.17, 15) is 0 Å². The van der Waals surface area contributed by atoms with Gasteiger partial charge in [0.1, 0.15) is 0 Å². The lowest BCUT2D eigenvalue weighted by Gasteiger charge is -2.09. The third kappa shape index (κ3) is 4.91. The molecule has 0 aliphatic heterocycles. The molecule has 128 valence electrons. The molecule has 0 saturated carbocycles. The standard InChI is InChI=1S/C19H25N3O2/c1-4-14-6-5-7-16(12-14)22-19(20)21-11-10-15-8-9-17(23-2)18(13-15)24-3/h5-9,12-13H,4,10-11H2,1-3H3,(H3,20,21,22). The van der Waals surface area contributed by atoms with Gasteiger partial charge in [0.15, 0.2) is 17.5 Å². The maximum Gasteiger partial charge on any atom is 0.193 e. The largest absolute Gasteiger partial charge is 0.493 e. The fourth-order valence-electron chi connectivity index (χ4n) is 2.40. The van der Waals surface area contributed by atoms with Gasteiger partial charge in [0.2, 0.25) is 0 Å². The SMILES string of the molecule is CCc1cccc(NC(N)=NCCc2ccc(OC)c(OC)c2)c1. The van der Waals surface area contributed by atoms with E-state index in [1.807, 2.05) is 30.3 Å². The summed E-state index contributed by atoms with van der Waals surface area (Å²) in [6.07, 6.45) is 1.77. The number of methoxy groups -OCH3 is 2. The molecule has 0 heterocycles. The molecule has 0 aliphatic rings. The number of nitrogens with zero attached hydrogens (tertiary/aromatic N) is 1. The lowest BCUT2D eigenvalue weighted by molar-refractivity contribution is 0.354. The summed E-state index contributed by atoms with van der Waals surface area (Å²) in [4.78, 5) is 4.38. The second-order valence-corrected chi connectivity index (χ2v) is 5.39. The maximum atomic E-state index is 5.96. The van der Waals surface area contributed by atoms with Crippen LogP contribution >= 0.6 is 0 Å². The van der Waals surface area contributed by atoms with Gasteiger partial charge in [0, 0.05) is 12.2 Å². The predicted molar refractivity (Wildman–Crippen MR) is 99.2 cm³/mol. The van der Waals surface area contributed by atoms with Crippen LogP contribution in [-0.4, -0.2) is 26.7 Å². The quantitative estimate of drug-likeness (QED) is 0.605. The first-order valence-corrected chi connectivity index (χ1v) is 8.03. The topological polar surface area (TPSA) is 68.9 Å². The van der Waals surface area contributed by atoms with E-state index in [2.05, 4.69) is 29.4 Å². The van der Waals surface area contributed by atoms with E-state index >= 15 is 0 Å². The molecule has 0 spiro atoms. The van der Waals surface area contributed by atoms with E-state index in [1.165, 1.54) is 5.56 Å². The van der Waals surface area contributed by atoms with Gasteiger partial charge in [-0.05, 0) is 48.2 Å². The minimum absolute atomic E-state index is 0.420. The van der Waals surface area contributed by atoms with Crippen molar-refractivity contribution in [2.24, 2.45) is 10.7 Å². The number of ether oxygens (including phenoxy) is 2. The Hall–Kier alpha value is -2.69. The molecule has 0 radical (unpaired) electrons. The molecule has 2 aromatic rings. The average Bonchev–Trinajstić information content (AvgIpc) is 2.61. The molecule has 0 aromatic heterocycles. The summed E-state index contributed by atoms with van der Waals surface area (Å²) in [7, 11) is 3.26. The number of anilines is 1. The molecule has 0 atom stereocenters. The van der Waals surface area contributed by atoms with Crippen molar-refractivity contribution in [1.82, 2.24) is 0 Å². The molecule has 0 aliphatic carbocycles. The van der Waals surface area contributed by atoms with Gasteiger partial charge in [-0.1, -0.05) is 25.1 Å². The summed E-state index contributed by atoms with van der Waals surface area (Å²) in [5, 5.41) is 3.13. The number of aliphatic imine (C=N–C) groups is 1. The van der Waals surface area contributed by atoms with E-state index in [0.717, 1.165) is 35.6 Å². The molecule has 5 nitrogen and oxygen atoms in total. The number of guanidine groups is 1. The smallest absolute Gasteiger partial charge is 0.193 e. The number of aryl methyl sites for hydroxylation is 1. The zero-order valence-electron chi connectivity index (χ0n) is 14.5. The highest BCUT2D eigenvalue weighted by Gasteiger charge is 2.04. The van der Waals surface area contributed by atoms with Gasteiger partial charge in [-0.3, -0.25) is 4.99 Å². The van der Waals surface area contributed by atoms with E-state index in [1.54, 1.807) is 14.2 Å². The first-order chi connectivity index (χ1) is 11.7. The van der Waals surface area contributed by atoms with Crippen LogP contribution < -0.4 is 20.5 Å². The summed E-state index contributed by atoms with van der Waals surface area (Å²) in [5.74, 6) is 1.87. The zero-order valence-corrected chi connectivity index (χ0v) is 14.5. The second kappa shape index (κ2) is 8.82. The van der Waals surface area contributed by atoms with Gasteiger partial charge >= 0.3 is 0 Å². The monoisotopic (exact) mass is 327 g/mol. The Morgan fingerprint density at radius 3 is 2.54 bits per heavy atom. The van der Waals surface area contributed by atoms with Crippen LogP contribution in [0.4, 0.5) is 5.69 Å². The van der Waals surface area contributed by atoms with Crippen LogP contribution in [0.3, 0.4) is 0 Å². The number of hydrogen-bond acceptors (Lipinski definition) is 3. The van der Waals surface area contributed by atoms with Crippen LogP contribution in [0.2, 0.25) is 0 Å². The number of benzene rings is 2. The van der Waals surface area contributed by atoms with E-state index in [4.69, 9.17) is 15.2 Å². The minimum Gasteiger partial charge on any atom is -0.493 e. The number of hydrogen-bond donors (Lipinski definition) is 2. The van der Waals surface area contributed by atoms with Crippen LogP contribution in [0, 0.1) is 0 Å². The van der Waals surface area contributed by atoms with Crippen molar-refractivity contribution < 1.29 is 9.47 Å². The van der Waals surface area contributed by atoms with Crippen molar-refractivity contribution in [1.29, 1.82) is 0 Å². The fraction of sp³-hybridized carbons (Fsp3) is 0.316. The zero-order chi connectivity index (χ0) is 17.4. The van der Waals surface area contributed by atoms with Crippen LogP contribution in [-0.2, 0) is 12.8 Å². The minimum atomic E-state index is 0.420. The van der Waals surface area contributed by atoms with Crippen molar-refractivity contribution in [3.8, 4) is 11.5 Å². The lowest BCUT2D eigenvalue weighted by Crippen LogP contribution is -2.23. The molecule has 5 heteroatoms. The first-order valence-electron chi connectivity index (χ1n) is 8.03. The van der Waals surface area contributed by atoms with Gasteiger partial charge in [-0.2, -0.15) is 0 Å². The molecular weight excluding hydrogens is 302 g/mol. The van der Waals surface area contributed by atoms with Crippen LogP contribution in [0.25, 0.3) is 0 Å². The summed E-state index contributed by atoms with van der Waals surface area (Å²) in [6, 6.07) is 14.0. The molecule has 3 N–H and O–H groups in total. The third-order valence-electron chi connectivity index (χ3n) is 3.74. The Labute approximate surface area is 143 Å². The highest BCUT2D eigenvalue weighted by molar-refractivity contribution is 5.92. The first kappa shape index (κ1) is 17.7. The molecule has 0 amide bonds. The highest BCUT2D eigenvalue weighted by atomic mass is 16.5. The molecule has 0 unspecified atom stereocenters. The predicted octanol–water partition coefficient (Wildman–Crippen LogP) is 3.24. The van der Waals surface area contributed by atoms with Crippen molar-refractivity contribution in [3.05, 3.63) is 53.6 Å². The van der Waals surface area contributed by atoms with E-state index in [-0.39, 0.29) is 0 Å². The Kier molecular flexibility index (Phi) is 6.49. The van der Waals surface area contributed by atoms with Crippen LogP contribution in [0.5, 0.6) is 11.5 Å². The van der Waals surface area contributed by atoms with Crippen LogP contribution in [0.15, 0.2) is 47.5 Å². The summed E-state index contributed by atoms with van der Waals surface area (Å²) in [6.45, 7) is 2.72. The Balaban J connectivity index is 1.93. The molecular formula is C19H25N3O2. The molecule has 0 bridgehead atoms. The van der Waals surface area contributed by atoms with Crippen molar-refractivity contribution in [2.45, 2.75) is 19.8 Å². The highest BCUT2D eigenvalue weighted by Crippen LogP contribution is 2.27. The fourth-order valence-corrected chi connectivity index (χ4v) is 2.40. The molecule has 0 saturated heterocycles. The molecule has 2 rings (SSSR count). The Morgan fingerprint density at radius 2 is 1.83 bits per heavy atom. The molecule has 24 heavy (non-hydrogen) atoms. The normalized spacial score (nSPS) is 11.2. The maximum absolute atomic E-state index is 5.96. The van der Waals surface area contributed by atoms with Gasteiger partial charge in [-0.15, -0.1) is 0 Å². The number of nitrogens with two attached hydrogens (primary N) is 1. The Bertz CT molecular complexity index is 699. The molecule has 0 fully saturated rings. The summed E-state index contributed by atoms with van der Waals surface area (Å²) >= 11 is 0. The average molecular weight is 327 g/mol. The number of nitrogens with one attached hydrogen (secondary N) is 1. The molecule has 2 aromatic carbocycles. The summed E-state index contributed by atoms with van der Waals surface area (Å²) < 4.78 is 10.5. The Morgan fingerprint density at radius 1 is 1.04 bits per heavy atom. The number of rotatable bonds is 7. The second-order valence-electron chi connectivity index (χ2n) is 5.39. The van der Waals surface area contributed by atoms with Crippen molar-refractivity contribution in [3.63, 3.8) is 0 Å². The summed E-state index contributed by atoms with van der Waals surface area (Å²) in [5.41, 5.74) is 9.30. The van der Waals surface area contributed by atoms with Gasteiger partial charge in [0.05, 0.1) is 14.2 Å². The lowest BCUT2D eigenvalue weighted by atomic mass is 10.1. The van der Waals surface area contributed by atoms with Crippen molar-refractivity contribution >= 4 is 11.6 Å². The van der Waals surface area contributed by atoms with Gasteiger partial charge < -0.3 is 20.5 Å².